The van der Waals surface area contributed by atoms with Gasteiger partial charge in [0.1, 0.15) is 23.8 Å². The number of piperidine rings is 1. The Hall–Kier alpha value is -2.97. The van der Waals surface area contributed by atoms with Crippen LogP contribution in [0.25, 0.3) is 17.2 Å². The van der Waals surface area contributed by atoms with Crippen LogP contribution in [0.2, 0.25) is 0 Å². The molecule has 186 valence electrons. The van der Waals surface area contributed by atoms with Gasteiger partial charge < -0.3 is 29.5 Å². The normalized spacial score (nSPS) is 17.0. The second-order valence-electron chi connectivity index (χ2n) is 9.01. The van der Waals surface area contributed by atoms with Crippen LogP contribution in [0.1, 0.15) is 43.3 Å². The molecule has 1 aliphatic rings. The zero-order valence-electron chi connectivity index (χ0n) is 20.2. The average Bonchev–Trinajstić information content (AvgIpc) is 3.37. The molecular weight excluding hydrogens is 442 g/mol. The van der Waals surface area contributed by atoms with E-state index < -0.39 is 6.10 Å². The molecule has 1 fully saturated rings. The van der Waals surface area contributed by atoms with Gasteiger partial charge in [-0.2, -0.15) is 0 Å². The molecule has 2 aromatic carbocycles. The van der Waals surface area contributed by atoms with Crippen LogP contribution in [0.5, 0.6) is 5.75 Å². The molecule has 4 rings (SSSR count). The first-order valence-corrected chi connectivity index (χ1v) is 12.3. The Balaban J connectivity index is 1.35. The topological polar surface area (TPSA) is 91.0 Å². The van der Waals surface area contributed by atoms with E-state index in [-0.39, 0.29) is 25.4 Å². The molecule has 3 aromatic rings. The molecule has 7 heteroatoms. The van der Waals surface area contributed by atoms with Crippen molar-refractivity contribution in [2.75, 3.05) is 32.8 Å². The molecule has 0 amide bonds. The van der Waals surface area contributed by atoms with E-state index >= 15 is 0 Å². The van der Waals surface area contributed by atoms with Crippen molar-refractivity contribution in [2.45, 2.75) is 38.0 Å². The van der Waals surface area contributed by atoms with Crippen LogP contribution in [0.3, 0.4) is 0 Å². The second-order valence-corrected chi connectivity index (χ2v) is 9.01. The summed E-state index contributed by atoms with van der Waals surface area (Å²) in [5.74, 6) is 1.42. The third kappa shape index (κ3) is 6.58. The monoisotopic (exact) mass is 477 g/mol. The number of likely N-dealkylation sites (tertiary alicyclic amines) is 1. The van der Waals surface area contributed by atoms with E-state index in [0.717, 1.165) is 54.9 Å². The summed E-state index contributed by atoms with van der Waals surface area (Å²) in [6, 6.07) is 16.2. The number of rotatable bonds is 10. The maximum absolute atomic E-state index is 9.88. The van der Waals surface area contributed by atoms with Gasteiger partial charge in [-0.15, -0.1) is 0 Å². The highest BCUT2D eigenvalue weighted by Crippen LogP contribution is 2.26. The lowest BCUT2D eigenvalue weighted by atomic mass is 10.0. The summed E-state index contributed by atoms with van der Waals surface area (Å²) >= 11 is 0. The van der Waals surface area contributed by atoms with Gasteiger partial charge in [0.25, 0.3) is 0 Å². The van der Waals surface area contributed by atoms with Crippen molar-refractivity contribution in [3.63, 3.8) is 0 Å². The van der Waals surface area contributed by atoms with Crippen LogP contribution >= 0.6 is 0 Å². The molecule has 3 N–H and O–H groups in total. The Bertz CT molecular complexity index is 1070. The Kier molecular flexibility index (Phi) is 8.71. The first-order valence-electron chi connectivity index (χ1n) is 12.3. The maximum atomic E-state index is 9.88. The minimum atomic E-state index is -0.701. The smallest absolute Gasteiger partial charge is 0.137 e. The number of hydrogen-bond donors (Lipinski definition) is 3. The Labute approximate surface area is 206 Å². The summed E-state index contributed by atoms with van der Waals surface area (Å²) in [5, 5.41) is 28.8. The fourth-order valence-corrected chi connectivity index (χ4v) is 4.49. The molecule has 0 spiro atoms. The highest BCUT2D eigenvalue weighted by Gasteiger charge is 2.20. The van der Waals surface area contributed by atoms with E-state index in [0.29, 0.717) is 5.82 Å². The highest BCUT2D eigenvalue weighted by atomic mass is 16.5. The first kappa shape index (κ1) is 25.1. The number of aromatic nitrogens is 2. The fourth-order valence-electron chi connectivity index (χ4n) is 4.49. The summed E-state index contributed by atoms with van der Waals surface area (Å²) in [6.07, 6.45) is 8.78. The minimum absolute atomic E-state index is 0.0825. The van der Waals surface area contributed by atoms with Crippen molar-refractivity contribution in [3.8, 4) is 16.9 Å². The van der Waals surface area contributed by atoms with Crippen LogP contribution in [0.15, 0.2) is 67.0 Å². The van der Waals surface area contributed by atoms with Gasteiger partial charge in [-0.3, -0.25) is 0 Å². The van der Waals surface area contributed by atoms with Gasteiger partial charge in [-0.25, -0.2) is 4.98 Å². The standard InChI is InChI=1S/C28H35N3O4/c1-21(34)28-29-14-17-31(28)25(20-33)9-4-22-2-5-23(6-3-22)24-7-10-26(11-8-24)35-27-12-15-30(16-13-27)18-19-32/h2-11,14,17,21,25,27,32-34H,12-13,15-16,18-20H2,1H3/b9-4+/t21-,25?/m0/s1. The van der Waals surface area contributed by atoms with Gasteiger partial charge >= 0.3 is 0 Å². The van der Waals surface area contributed by atoms with Gasteiger partial charge in [0.15, 0.2) is 0 Å². The number of aliphatic hydroxyl groups excluding tert-OH is 3. The molecule has 7 nitrogen and oxygen atoms in total. The number of hydrogen-bond acceptors (Lipinski definition) is 6. The van der Waals surface area contributed by atoms with Crippen LogP contribution in [-0.4, -0.2) is 68.7 Å². The molecule has 0 bridgehead atoms. The lowest BCUT2D eigenvalue weighted by Crippen LogP contribution is -2.39. The number of imidazole rings is 1. The zero-order chi connectivity index (χ0) is 24.6. The summed E-state index contributed by atoms with van der Waals surface area (Å²) in [4.78, 5) is 6.46. The van der Waals surface area contributed by atoms with E-state index in [1.54, 1.807) is 23.9 Å². The molecule has 2 heterocycles. The van der Waals surface area contributed by atoms with Crippen LogP contribution in [0, 0.1) is 0 Å². The predicted octanol–water partition coefficient (Wildman–Crippen LogP) is 3.69. The Morgan fingerprint density at radius 3 is 2.29 bits per heavy atom. The molecule has 0 aliphatic carbocycles. The van der Waals surface area contributed by atoms with Crippen LogP contribution < -0.4 is 4.74 Å². The number of benzene rings is 2. The van der Waals surface area contributed by atoms with Gasteiger partial charge in [0.05, 0.1) is 19.3 Å². The molecule has 0 saturated carbocycles. The van der Waals surface area contributed by atoms with Crippen LogP contribution in [-0.2, 0) is 0 Å². The SMILES string of the molecule is C[C@H](O)c1nccn1C(/C=C/c1ccc(-c2ccc(OC3CCN(CCO)CC3)cc2)cc1)CO. The maximum Gasteiger partial charge on any atom is 0.137 e. The number of nitrogens with zero attached hydrogens (tertiary/aromatic N) is 3. The quantitative estimate of drug-likeness (QED) is 0.413. The average molecular weight is 478 g/mol. The van der Waals surface area contributed by atoms with Crippen molar-refractivity contribution in [1.29, 1.82) is 0 Å². The second kappa shape index (κ2) is 12.1. The minimum Gasteiger partial charge on any atom is -0.490 e. The molecule has 1 aliphatic heterocycles. The Morgan fingerprint density at radius 1 is 1.03 bits per heavy atom. The third-order valence-corrected chi connectivity index (χ3v) is 6.48. The molecule has 1 saturated heterocycles. The van der Waals surface area contributed by atoms with Gasteiger partial charge in [-0.05, 0) is 48.6 Å². The van der Waals surface area contributed by atoms with E-state index in [1.807, 2.05) is 36.4 Å². The number of aliphatic hydroxyl groups is 3. The van der Waals surface area contributed by atoms with E-state index in [9.17, 15) is 10.2 Å². The van der Waals surface area contributed by atoms with Crippen LogP contribution in [0.4, 0.5) is 0 Å². The van der Waals surface area contributed by atoms with Gasteiger partial charge in [0.2, 0.25) is 0 Å². The molecule has 35 heavy (non-hydrogen) atoms. The number of ether oxygens (including phenoxy) is 1. The molecule has 1 unspecified atom stereocenters. The lowest BCUT2D eigenvalue weighted by Gasteiger charge is -2.31. The van der Waals surface area contributed by atoms with Crippen molar-refractivity contribution >= 4 is 6.08 Å². The van der Waals surface area contributed by atoms with E-state index in [1.165, 1.54) is 0 Å². The summed E-state index contributed by atoms with van der Waals surface area (Å²) < 4.78 is 7.96. The van der Waals surface area contributed by atoms with Gasteiger partial charge in [0, 0.05) is 32.0 Å². The predicted molar refractivity (Wildman–Crippen MR) is 137 cm³/mol. The summed E-state index contributed by atoms with van der Waals surface area (Å²) in [6.45, 7) is 4.47. The van der Waals surface area contributed by atoms with E-state index in [4.69, 9.17) is 9.84 Å². The summed E-state index contributed by atoms with van der Waals surface area (Å²) in [5.41, 5.74) is 3.27. The molecule has 1 aromatic heterocycles. The van der Waals surface area contributed by atoms with E-state index in [2.05, 4.69) is 34.1 Å². The van der Waals surface area contributed by atoms with Crippen molar-refractivity contribution < 1.29 is 20.1 Å². The van der Waals surface area contributed by atoms with Gasteiger partial charge in [-0.1, -0.05) is 48.6 Å². The largest absolute Gasteiger partial charge is 0.490 e. The number of β-amino-alcohol motifs (C(OH)–C–C–N with tert-alkyl or cyclic N) is 1. The van der Waals surface area contributed by atoms with Crippen molar-refractivity contribution in [3.05, 3.63) is 78.4 Å². The van der Waals surface area contributed by atoms with Crippen molar-refractivity contribution in [1.82, 2.24) is 14.5 Å². The third-order valence-electron chi connectivity index (χ3n) is 6.48. The molecule has 2 atom stereocenters. The fraction of sp³-hybridized carbons (Fsp3) is 0.393. The molecular formula is C28H35N3O4. The zero-order valence-corrected chi connectivity index (χ0v) is 20.2. The highest BCUT2D eigenvalue weighted by molar-refractivity contribution is 5.66. The first-order chi connectivity index (χ1) is 17.1. The lowest BCUT2D eigenvalue weighted by molar-refractivity contribution is 0.0889. The Morgan fingerprint density at radius 2 is 1.69 bits per heavy atom. The van der Waals surface area contributed by atoms with Crippen molar-refractivity contribution in [2.24, 2.45) is 0 Å². The molecule has 0 radical (unpaired) electrons. The summed E-state index contributed by atoms with van der Waals surface area (Å²) in [7, 11) is 0.